The summed E-state index contributed by atoms with van der Waals surface area (Å²) in [6.07, 6.45) is 2.10. The predicted octanol–water partition coefficient (Wildman–Crippen LogP) is 2.19. The van der Waals surface area contributed by atoms with Gasteiger partial charge in [0.25, 0.3) is 0 Å². The number of hydrogen-bond acceptors (Lipinski definition) is 2. The van der Waals surface area contributed by atoms with Crippen molar-refractivity contribution in [3.8, 4) is 0 Å². The van der Waals surface area contributed by atoms with E-state index < -0.39 is 0 Å². The maximum Gasteiger partial charge on any atom is 0.245 e. The van der Waals surface area contributed by atoms with Crippen LogP contribution in [0.5, 0.6) is 0 Å². The molecule has 0 bridgehead atoms. The van der Waals surface area contributed by atoms with Gasteiger partial charge in [0, 0.05) is 19.5 Å². The first-order chi connectivity index (χ1) is 8.69. The average molecular weight is 268 g/mol. The second-order valence-electron chi connectivity index (χ2n) is 7.14. The van der Waals surface area contributed by atoms with Crippen LogP contribution in [0.4, 0.5) is 0 Å². The first-order valence-corrected chi connectivity index (χ1v) is 7.27. The molecule has 1 aliphatic heterocycles. The third-order valence-corrected chi connectivity index (χ3v) is 3.39. The highest BCUT2D eigenvalue weighted by molar-refractivity contribution is 5.89. The molecular formula is C15H28N2O2. The summed E-state index contributed by atoms with van der Waals surface area (Å²) in [5, 5.41) is 2.86. The lowest BCUT2D eigenvalue weighted by Crippen LogP contribution is -2.46. The fourth-order valence-electron chi connectivity index (χ4n) is 2.22. The zero-order chi connectivity index (χ0) is 14.6. The number of nitrogens with one attached hydrogen (secondary N) is 1. The third-order valence-electron chi connectivity index (χ3n) is 3.39. The van der Waals surface area contributed by atoms with E-state index in [9.17, 15) is 9.59 Å². The summed E-state index contributed by atoms with van der Waals surface area (Å²) < 4.78 is 0. The Morgan fingerprint density at radius 1 is 1.32 bits per heavy atom. The van der Waals surface area contributed by atoms with Gasteiger partial charge in [-0.25, -0.2) is 0 Å². The monoisotopic (exact) mass is 268 g/mol. The number of carbonyl (C=O) groups excluding carboxylic acids is 2. The van der Waals surface area contributed by atoms with Crippen LogP contribution in [0, 0.1) is 11.3 Å². The Kier molecular flexibility index (Phi) is 5.39. The van der Waals surface area contributed by atoms with E-state index in [-0.39, 0.29) is 23.3 Å². The van der Waals surface area contributed by atoms with E-state index >= 15 is 0 Å². The molecule has 1 aliphatic rings. The number of nitrogens with zero attached hydrogens (tertiary/aromatic N) is 1. The van der Waals surface area contributed by atoms with Gasteiger partial charge in [-0.3, -0.25) is 9.59 Å². The van der Waals surface area contributed by atoms with E-state index in [0.29, 0.717) is 18.9 Å². The smallest absolute Gasteiger partial charge is 0.245 e. The molecule has 0 aliphatic carbocycles. The number of hydrogen-bond donors (Lipinski definition) is 1. The molecule has 1 heterocycles. The molecule has 0 radical (unpaired) electrons. The summed E-state index contributed by atoms with van der Waals surface area (Å²) in [7, 11) is 0. The topological polar surface area (TPSA) is 49.4 Å². The molecule has 0 aromatic rings. The maximum atomic E-state index is 12.5. The van der Waals surface area contributed by atoms with E-state index in [2.05, 4.69) is 39.9 Å². The van der Waals surface area contributed by atoms with Gasteiger partial charge in [0.15, 0.2) is 0 Å². The second-order valence-corrected chi connectivity index (χ2v) is 7.14. The summed E-state index contributed by atoms with van der Waals surface area (Å²) >= 11 is 0. The molecule has 1 rings (SSSR count). The van der Waals surface area contributed by atoms with Gasteiger partial charge in [0.2, 0.25) is 11.8 Å². The van der Waals surface area contributed by atoms with Crippen molar-refractivity contribution in [1.29, 1.82) is 0 Å². The molecule has 4 heteroatoms. The van der Waals surface area contributed by atoms with Crippen LogP contribution in [0.25, 0.3) is 0 Å². The van der Waals surface area contributed by atoms with Crippen molar-refractivity contribution in [3.63, 3.8) is 0 Å². The summed E-state index contributed by atoms with van der Waals surface area (Å²) in [5.41, 5.74) is 0.206. The lowest BCUT2D eigenvalue weighted by atomic mass is 9.92. The fourth-order valence-corrected chi connectivity index (χ4v) is 2.22. The van der Waals surface area contributed by atoms with Crippen LogP contribution in [0.1, 0.15) is 53.9 Å². The molecule has 19 heavy (non-hydrogen) atoms. The summed E-state index contributed by atoms with van der Waals surface area (Å²) in [6.45, 7) is 12.0. The van der Waals surface area contributed by atoms with Crippen molar-refractivity contribution in [1.82, 2.24) is 10.2 Å². The Balaban J connectivity index is 2.69. The van der Waals surface area contributed by atoms with Crippen LogP contribution in [0.15, 0.2) is 0 Å². The highest BCUT2D eigenvalue weighted by atomic mass is 16.2. The van der Waals surface area contributed by atoms with Crippen molar-refractivity contribution in [3.05, 3.63) is 0 Å². The largest absolute Gasteiger partial charge is 0.344 e. The molecule has 2 amide bonds. The molecule has 0 aromatic heterocycles. The van der Waals surface area contributed by atoms with E-state index in [1.807, 2.05) is 4.90 Å². The minimum absolute atomic E-state index is 0.00254. The van der Waals surface area contributed by atoms with Crippen LogP contribution in [0.3, 0.4) is 0 Å². The van der Waals surface area contributed by atoms with Gasteiger partial charge in [-0.05, 0) is 24.2 Å². The van der Waals surface area contributed by atoms with Crippen LogP contribution in [-0.4, -0.2) is 35.8 Å². The van der Waals surface area contributed by atoms with E-state index in [1.54, 1.807) is 0 Å². The molecule has 1 unspecified atom stereocenters. The minimum Gasteiger partial charge on any atom is -0.344 e. The zero-order valence-electron chi connectivity index (χ0n) is 13.0. The highest BCUT2D eigenvalue weighted by Crippen LogP contribution is 2.20. The normalized spacial score (nSPS) is 21.6. The van der Waals surface area contributed by atoms with Gasteiger partial charge in [0.1, 0.15) is 6.04 Å². The quantitative estimate of drug-likeness (QED) is 0.849. The van der Waals surface area contributed by atoms with Crippen LogP contribution < -0.4 is 5.32 Å². The Morgan fingerprint density at radius 2 is 1.95 bits per heavy atom. The Bertz CT molecular complexity index is 332. The minimum atomic E-state index is -0.338. The number of carbonyl (C=O) groups is 2. The number of amides is 2. The van der Waals surface area contributed by atoms with Gasteiger partial charge < -0.3 is 10.2 Å². The van der Waals surface area contributed by atoms with Gasteiger partial charge in [-0.15, -0.1) is 0 Å². The zero-order valence-corrected chi connectivity index (χ0v) is 13.0. The summed E-state index contributed by atoms with van der Waals surface area (Å²) in [6, 6.07) is -0.338. The lowest BCUT2D eigenvalue weighted by Gasteiger charge is -2.28. The SMILES string of the molecule is CC(C)CC1NC(=O)CCN(CCC(C)(C)C)C1=O. The molecule has 0 saturated carbocycles. The molecule has 1 saturated heterocycles. The van der Waals surface area contributed by atoms with Gasteiger partial charge in [0.05, 0.1) is 0 Å². The van der Waals surface area contributed by atoms with Gasteiger partial charge >= 0.3 is 0 Å². The maximum absolute atomic E-state index is 12.5. The Labute approximate surface area is 116 Å². The van der Waals surface area contributed by atoms with Crippen LogP contribution in [0.2, 0.25) is 0 Å². The molecule has 0 aromatic carbocycles. The van der Waals surface area contributed by atoms with E-state index in [0.717, 1.165) is 19.4 Å². The van der Waals surface area contributed by atoms with Crippen molar-refractivity contribution in [2.24, 2.45) is 11.3 Å². The van der Waals surface area contributed by atoms with Crippen LogP contribution >= 0.6 is 0 Å². The summed E-state index contributed by atoms with van der Waals surface area (Å²) in [5.74, 6) is 0.484. The lowest BCUT2D eigenvalue weighted by molar-refractivity contribution is -0.134. The first-order valence-electron chi connectivity index (χ1n) is 7.27. The second kappa shape index (κ2) is 6.40. The van der Waals surface area contributed by atoms with Crippen molar-refractivity contribution in [2.45, 2.75) is 59.9 Å². The number of rotatable bonds is 4. The van der Waals surface area contributed by atoms with Crippen LogP contribution in [-0.2, 0) is 9.59 Å². The van der Waals surface area contributed by atoms with E-state index in [1.165, 1.54) is 0 Å². The first kappa shape index (κ1) is 16.0. The predicted molar refractivity (Wildman–Crippen MR) is 76.7 cm³/mol. The average Bonchev–Trinajstić information content (AvgIpc) is 2.36. The Morgan fingerprint density at radius 3 is 2.47 bits per heavy atom. The van der Waals surface area contributed by atoms with Crippen molar-refractivity contribution in [2.75, 3.05) is 13.1 Å². The van der Waals surface area contributed by atoms with Crippen molar-refractivity contribution >= 4 is 11.8 Å². The summed E-state index contributed by atoms with van der Waals surface area (Å²) in [4.78, 5) is 26.0. The molecule has 110 valence electrons. The molecule has 1 atom stereocenters. The Hall–Kier alpha value is -1.06. The van der Waals surface area contributed by atoms with Gasteiger partial charge in [-0.1, -0.05) is 34.6 Å². The molecular weight excluding hydrogens is 240 g/mol. The van der Waals surface area contributed by atoms with Crippen molar-refractivity contribution < 1.29 is 9.59 Å². The van der Waals surface area contributed by atoms with E-state index in [4.69, 9.17) is 0 Å². The highest BCUT2D eigenvalue weighted by Gasteiger charge is 2.30. The third kappa shape index (κ3) is 5.62. The fraction of sp³-hybridized carbons (Fsp3) is 0.867. The molecule has 1 fully saturated rings. The molecule has 4 nitrogen and oxygen atoms in total. The van der Waals surface area contributed by atoms with Gasteiger partial charge in [-0.2, -0.15) is 0 Å². The standard InChI is InChI=1S/C15H28N2O2/c1-11(2)10-12-14(19)17(8-6-13(18)16-12)9-7-15(3,4)5/h11-12H,6-10H2,1-5H3,(H,16,18). The molecule has 1 N–H and O–H groups in total. The molecule has 0 spiro atoms.